The van der Waals surface area contributed by atoms with Crippen LogP contribution in [0, 0.1) is 0 Å². The second kappa shape index (κ2) is 4.28. The first kappa shape index (κ1) is 11.7. The van der Waals surface area contributed by atoms with Crippen molar-refractivity contribution in [2.75, 3.05) is 0 Å². The van der Waals surface area contributed by atoms with Crippen LogP contribution in [0.4, 0.5) is 0 Å². The Labute approximate surface area is 128 Å². The Bertz CT molecular complexity index is 1050. The van der Waals surface area contributed by atoms with E-state index in [9.17, 15) is 0 Å². The van der Waals surface area contributed by atoms with E-state index in [1.807, 2.05) is 12.4 Å². The van der Waals surface area contributed by atoms with Crippen molar-refractivity contribution < 1.29 is 0 Å². The van der Waals surface area contributed by atoms with Crippen LogP contribution in [0.15, 0.2) is 79.1 Å². The van der Waals surface area contributed by atoms with E-state index in [4.69, 9.17) is 0 Å². The van der Waals surface area contributed by atoms with Crippen molar-refractivity contribution in [1.82, 2.24) is 4.98 Å². The minimum absolute atomic E-state index is 1.21. The Hall–Kier alpha value is -2.93. The van der Waals surface area contributed by atoms with E-state index < -0.39 is 0 Å². The summed E-state index contributed by atoms with van der Waals surface area (Å²) in [5.41, 5.74) is 2.45. The first-order valence-corrected chi connectivity index (χ1v) is 7.48. The molecule has 0 fully saturated rings. The molecule has 1 nitrogen and oxygen atoms in total. The van der Waals surface area contributed by atoms with Gasteiger partial charge in [0.15, 0.2) is 0 Å². The zero-order valence-electron chi connectivity index (χ0n) is 12.0. The molecule has 0 atom stereocenters. The van der Waals surface area contributed by atoms with Crippen molar-refractivity contribution in [3.05, 3.63) is 79.1 Å². The summed E-state index contributed by atoms with van der Waals surface area (Å²) in [6.07, 6.45) is 3.69. The molecule has 0 N–H and O–H groups in total. The van der Waals surface area contributed by atoms with Gasteiger partial charge in [0.25, 0.3) is 0 Å². The number of pyridine rings is 1. The maximum Gasteiger partial charge on any atom is 0.0273 e. The molecule has 4 aromatic carbocycles. The van der Waals surface area contributed by atoms with Gasteiger partial charge in [-0.05, 0) is 67.7 Å². The van der Waals surface area contributed by atoms with Crippen LogP contribution in [0.5, 0.6) is 0 Å². The largest absolute Gasteiger partial charge is 0.265 e. The predicted molar refractivity (Wildman–Crippen MR) is 93.4 cm³/mol. The second-order valence-corrected chi connectivity index (χ2v) is 5.74. The summed E-state index contributed by atoms with van der Waals surface area (Å²) in [4.78, 5) is 4.11. The molecule has 1 heteroatoms. The highest BCUT2D eigenvalue weighted by molar-refractivity contribution is 6.23. The van der Waals surface area contributed by atoms with Crippen LogP contribution < -0.4 is 0 Å². The summed E-state index contributed by atoms with van der Waals surface area (Å²) in [5.74, 6) is 0. The summed E-state index contributed by atoms with van der Waals surface area (Å²) in [5, 5.41) is 7.97. The van der Waals surface area contributed by atoms with E-state index in [0.717, 1.165) is 0 Å². The Balaban J connectivity index is 1.95. The average molecular weight is 279 g/mol. The smallest absolute Gasteiger partial charge is 0.0273 e. The average Bonchev–Trinajstić information content (AvgIpc) is 2.60. The fraction of sp³-hybridized carbons (Fsp3) is 0. The zero-order valence-corrected chi connectivity index (χ0v) is 12.0. The van der Waals surface area contributed by atoms with Crippen molar-refractivity contribution in [3.63, 3.8) is 0 Å². The molecule has 1 aromatic heterocycles. The summed E-state index contributed by atoms with van der Waals surface area (Å²) in [6, 6.07) is 24.1. The lowest BCUT2D eigenvalue weighted by atomic mass is 9.92. The fourth-order valence-electron chi connectivity index (χ4n) is 3.46. The topological polar surface area (TPSA) is 12.9 Å². The van der Waals surface area contributed by atoms with E-state index >= 15 is 0 Å². The molecule has 0 amide bonds. The first-order valence-electron chi connectivity index (χ1n) is 7.48. The number of nitrogens with zero attached hydrogens (tertiary/aromatic N) is 1. The van der Waals surface area contributed by atoms with Crippen LogP contribution >= 0.6 is 0 Å². The van der Waals surface area contributed by atoms with E-state index in [1.165, 1.54) is 43.4 Å². The zero-order chi connectivity index (χ0) is 14.5. The quantitative estimate of drug-likeness (QED) is 0.361. The maximum absolute atomic E-state index is 4.11. The molecular formula is C21H13N. The lowest BCUT2D eigenvalue weighted by Gasteiger charge is -2.12. The van der Waals surface area contributed by atoms with E-state index in [-0.39, 0.29) is 0 Å². The molecular weight excluding hydrogens is 266 g/mol. The van der Waals surface area contributed by atoms with Crippen molar-refractivity contribution in [1.29, 1.82) is 0 Å². The molecule has 5 rings (SSSR count). The van der Waals surface area contributed by atoms with Crippen LogP contribution in [0.1, 0.15) is 0 Å². The standard InChI is InChI=1S/C21H13N/c1-2-15-4-6-17-12-19(14-8-10-22-11-9-14)13-18-7-5-16(3-1)20(15)21(17)18/h1-13H. The van der Waals surface area contributed by atoms with Crippen LogP contribution in [0.25, 0.3) is 43.4 Å². The van der Waals surface area contributed by atoms with Gasteiger partial charge in [-0.1, -0.05) is 42.5 Å². The molecule has 22 heavy (non-hydrogen) atoms. The van der Waals surface area contributed by atoms with Gasteiger partial charge in [-0.15, -0.1) is 0 Å². The molecule has 102 valence electrons. The molecule has 0 unspecified atom stereocenters. The van der Waals surface area contributed by atoms with Gasteiger partial charge in [0, 0.05) is 12.4 Å². The number of aromatic nitrogens is 1. The molecule has 0 radical (unpaired) electrons. The number of rotatable bonds is 1. The van der Waals surface area contributed by atoms with E-state index in [2.05, 4.69) is 71.7 Å². The number of hydrogen-bond acceptors (Lipinski definition) is 1. The van der Waals surface area contributed by atoms with Gasteiger partial charge in [0.05, 0.1) is 0 Å². The summed E-state index contributed by atoms with van der Waals surface area (Å²) in [6.45, 7) is 0. The molecule has 1 heterocycles. The fourth-order valence-corrected chi connectivity index (χ4v) is 3.46. The minimum atomic E-state index is 1.21. The van der Waals surface area contributed by atoms with Gasteiger partial charge >= 0.3 is 0 Å². The van der Waals surface area contributed by atoms with Crippen molar-refractivity contribution in [2.45, 2.75) is 0 Å². The Kier molecular flexibility index (Phi) is 2.28. The van der Waals surface area contributed by atoms with Gasteiger partial charge < -0.3 is 0 Å². The lowest BCUT2D eigenvalue weighted by Crippen LogP contribution is -1.85. The molecule has 0 saturated heterocycles. The molecule has 0 bridgehead atoms. The maximum atomic E-state index is 4.11. The van der Waals surface area contributed by atoms with Gasteiger partial charge in [-0.25, -0.2) is 0 Å². The molecule has 0 saturated carbocycles. The third-order valence-electron chi connectivity index (χ3n) is 4.48. The Morgan fingerprint density at radius 1 is 0.500 bits per heavy atom. The second-order valence-electron chi connectivity index (χ2n) is 5.74. The van der Waals surface area contributed by atoms with Crippen LogP contribution in [0.3, 0.4) is 0 Å². The highest BCUT2D eigenvalue weighted by Crippen LogP contribution is 2.36. The Morgan fingerprint density at radius 2 is 1.05 bits per heavy atom. The van der Waals surface area contributed by atoms with E-state index in [0.29, 0.717) is 0 Å². The lowest BCUT2D eigenvalue weighted by molar-refractivity contribution is 1.33. The first-order chi connectivity index (χ1) is 10.9. The predicted octanol–water partition coefficient (Wildman–Crippen LogP) is 5.65. The SMILES string of the molecule is c1cc2ccc3cc(-c4ccncc4)cc4ccc(c1)c2c34. The minimum Gasteiger partial charge on any atom is -0.265 e. The van der Waals surface area contributed by atoms with Gasteiger partial charge in [-0.2, -0.15) is 0 Å². The van der Waals surface area contributed by atoms with E-state index in [1.54, 1.807) is 0 Å². The highest BCUT2D eigenvalue weighted by atomic mass is 14.6. The van der Waals surface area contributed by atoms with Crippen LogP contribution in [0.2, 0.25) is 0 Å². The van der Waals surface area contributed by atoms with Crippen LogP contribution in [-0.4, -0.2) is 4.98 Å². The van der Waals surface area contributed by atoms with Gasteiger partial charge in [0.2, 0.25) is 0 Å². The normalized spacial score (nSPS) is 11.6. The summed E-state index contributed by atoms with van der Waals surface area (Å²) < 4.78 is 0. The van der Waals surface area contributed by atoms with Crippen molar-refractivity contribution in [3.8, 4) is 11.1 Å². The number of benzene rings is 4. The molecule has 0 spiro atoms. The monoisotopic (exact) mass is 279 g/mol. The van der Waals surface area contributed by atoms with Gasteiger partial charge in [0.1, 0.15) is 0 Å². The third kappa shape index (κ3) is 1.57. The van der Waals surface area contributed by atoms with Crippen molar-refractivity contribution >= 4 is 32.3 Å². The molecule has 5 aromatic rings. The highest BCUT2D eigenvalue weighted by Gasteiger charge is 2.09. The van der Waals surface area contributed by atoms with Crippen molar-refractivity contribution in [2.24, 2.45) is 0 Å². The molecule has 0 aliphatic rings. The summed E-state index contributed by atoms with van der Waals surface area (Å²) >= 11 is 0. The molecule has 0 aliphatic carbocycles. The number of hydrogen-bond donors (Lipinski definition) is 0. The van der Waals surface area contributed by atoms with Gasteiger partial charge in [-0.3, -0.25) is 4.98 Å². The van der Waals surface area contributed by atoms with Crippen LogP contribution in [-0.2, 0) is 0 Å². The molecule has 0 aliphatic heterocycles. The Morgan fingerprint density at radius 3 is 1.68 bits per heavy atom. The third-order valence-corrected chi connectivity index (χ3v) is 4.48. The summed E-state index contributed by atoms with van der Waals surface area (Å²) in [7, 11) is 0.